The van der Waals surface area contributed by atoms with Crippen molar-refractivity contribution < 1.29 is 5.11 Å². The van der Waals surface area contributed by atoms with E-state index in [1.165, 1.54) is 10.8 Å². The number of aliphatic hydroxyl groups excluding tert-OH is 1. The van der Waals surface area contributed by atoms with Gasteiger partial charge in [0.1, 0.15) is 0 Å². The fourth-order valence-electron chi connectivity index (χ4n) is 5.87. The summed E-state index contributed by atoms with van der Waals surface area (Å²) in [6, 6.07) is 19.0. The lowest BCUT2D eigenvalue weighted by Crippen LogP contribution is -2.48. The molecule has 1 atom stereocenters. The Morgan fingerprint density at radius 3 is 1.54 bits per heavy atom. The molecular weight excluding hydrogens is 356 g/mol. The Morgan fingerprint density at radius 1 is 0.750 bits per heavy atom. The molecule has 28 heavy (non-hydrogen) atoms. The van der Waals surface area contributed by atoms with Gasteiger partial charge >= 0.3 is 0 Å². The molecule has 0 bridgehead atoms. The van der Waals surface area contributed by atoms with E-state index in [9.17, 15) is 5.11 Å². The molecule has 0 aliphatic rings. The van der Waals surface area contributed by atoms with Gasteiger partial charge in [0.2, 0.25) is 0 Å². The van der Waals surface area contributed by atoms with Crippen LogP contribution in [0.3, 0.4) is 0 Å². The number of aliphatic hydroxyl groups is 1. The maximum Gasteiger partial charge on any atom is 0.0976 e. The van der Waals surface area contributed by atoms with Crippen molar-refractivity contribution in [2.24, 2.45) is 0 Å². The molecule has 1 nitrogen and oxygen atoms in total. The molecule has 0 aliphatic heterocycles. The summed E-state index contributed by atoms with van der Waals surface area (Å²) in [5.74, 6) is 0. The minimum Gasteiger partial charge on any atom is -0.384 e. The molecule has 0 aliphatic carbocycles. The minimum atomic E-state index is -2.00. The third-order valence-electron chi connectivity index (χ3n) is 6.84. The van der Waals surface area contributed by atoms with Crippen molar-refractivity contribution in [2.75, 3.05) is 0 Å². The topological polar surface area (TPSA) is 20.2 Å². The highest BCUT2D eigenvalue weighted by molar-refractivity contribution is 6.90. The summed E-state index contributed by atoms with van der Waals surface area (Å²) in [7, 11) is -2.00. The Morgan fingerprint density at radius 2 is 1.14 bits per heavy atom. The molecule has 0 radical (unpaired) electrons. The standard InChI is InChI=1S/C26H34OSi/c1-17(2)28(18(3)4,19(5)6)20(7)26(27)25-23-14-10-8-12-21(23)16-22-13-9-11-15-24(22)25/h8-19,26-27H,7H2,1-6H3. The van der Waals surface area contributed by atoms with Gasteiger partial charge in [-0.15, -0.1) is 6.58 Å². The lowest BCUT2D eigenvalue weighted by molar-refractivity contribution is 0.224. The Bertz CT molecular complexity index is 924. The van der Waals surface area contributed by atoms with Gasteiger partial charge in [-0.05, 0) is 49.8 Å². The van der Waals surface area contributed by atoms with E-state index in [4.69, 9.17) is 0 Å². The smallest absolute Gasteiger partial charge is 0.0976 e. The second-order valence-corrected chi connectivity index (χ2v) is 15.0. The number of benzene rings is 3. The van der Waals surface area contributed by atoms with Gasteiger partial charge in [-0.25, -0.2) is 0 Å². The predicted molar refractivity (Wildman–Crippen MR) is 127 cm³/mol. The lowest BCUT2D eigenvalue weighted by Gasteiger charge is -2.46. The van der Waals surface area contributed by atoms with Crippen LogP contribution in [-0.2, 0) is 0 Å². The number of hydrogen-bond donors (Lipinski definition) is 1. The highest BCUT2D eigenvalue weighted by atomic mass is 28.3. The molecule has 148 valence electrons. The van der Waals surface area contributed by atoms with Crippen molar-refractivity contribution in [1.29, 1.82) is 0 Å². The SMILES string of the molecule is C=C(C(O)c1c2ccccc2cc2ccccc12)[Si](C(C)C)(C(C)C)C(C)C. The summed E-state index contributed by atoms with van der Waals surface area (Å²) in [4.78, 5) is 0. The second kappa shape index (κ2) is 7.85. The average Bonchev–Trinajstić information content (AvgIpc) is 2.65. The van der Waals surface area contributed by atoms with Crippen molar-refractivity contribution in [3.8, 4) is 0 Å². The number of fused-ring (bicyclic) bond motifs is 2. The summed E-state index contributed by atoms with van der Waals surface area (Å²) < 4.78 is 0. The molecule has 3 aromatic rings. The first-order valence-electron chi connectivity index (χ1n) is 10.5. The van der Waals surface area contributed by atoms with Gasteiger partial charge in [0.15, 0.2) is 0 Å². The first-order valence-corrected chi connectivity index (χ1v) is 12.7. The Labute approximate surface area is 171 Å². The summed E-state index contributed by atoms with van der Waals surface area (Å²) >= 11 is 0. The highest BCUT2D eigenvalue weighted by Gasteiger charge is 2.47. The van der Waals surface area contributed by atoms with E-state index in [1.54, 1.807) is 0 Å². The molecule has 0 spiro atoms. The molecular formula is C26H34OSi. The fraction of sp³-hybridized carbons (Fsp3) is 0.385. The van der Waals surface area contributed by atoms with Crippen LogP contribution in [0.2, 0.25) is 16.6 Å². The fourth-order valence-corrected chi connectivity index (χ4v) is 12.7. The van der Waals surface area contributed by atoms with Crippen LogP contribution < -0.4 is 0 Å². The Kier molecular flexibility index (Phi) is 5.83. The molecule has 0 heterocycles. The Hall–Kier alpha value is -1.90. The number of rotatable bonds is 6. The molecule has 3 aromatic carbocycles. The van der Waals surface area contributed by atoms with Crippen molar-refractivity contribution in [1.82, 2.24) is 0 Å². The van der Waals surface area contributed by atoms with E-state index >= 15 is 0 Å². The lowest BCUT2D eigenvalue weighted by atomic mass is 9.93. The van der Waals surface area contributed by atoms with Crippen molar-refractivity contribution in [2.45, 2.75) is 64.3 Å². The van der Waals surface area contributed by atoms with Crippen molar-refractivity contribution >= 4 is 29.6 Å². The van der Waals surface area contributed by atoms with Gasteiger partial charge in [0.05, 0.1) is 14.2 Å². The summed E-state index contributed by atoms with van der Waals surface area (Å²) in [5.41, 5.74) is 2.60. The van der Waals surface area contributed by atoms with Crippen LogP contribution >= 0.6 is 0 Å². The van der Waals surface area contributed by atoms with Crippen LogP contribution in [0.5, 0.6) is 0 Å². The zero-order valence-electron chi connectivity index (χ0n) is 18.2. The second-order valence-electron chi connectivity index (χ2n) is 9.06. The third kappa shape index (κ3) is 3.13. The summed E-state index contributed by atoms with van der Waals surface area (Å²) in [6.07, 6.45) is -0.644. The zero-order chi connectivity index (χ0) is 20.6. The van der Waals surface area contributed by atoms with E-state index in [0.29, 0.717) is 16.6 Å². The maximum absolute atomic E-state index is 11.8. The van der Waals surface area contributed by atoms with Gasteiger partial charge in [-0.3, -0.25) is 0 Å². The van der Waals surface area contributed by atoms with E-state index in [1.807, 2.05) is 0 Å². The van der Waals surface area contributed by atoms with Gasteiger partial charge in [-0.2, -0.15) is 0 Å². The molecule has 2 heteroatoms. The predicted octanol–water partition coefficient (Wildman–Crippen LogP) is 7.80. The normalized spacial score (nSPS) is 13.8. The molecule has 3 rings (SSSR count). The summed E-state index contributed by atoms with van der Waals surface area (Å²) in [5, 5.41) is 17.5. The van der Waals surface area contributed by atoms with Gasteiger partial charge in [-0.1, -0.05) is 95.3 Å². The van der Waals surface area contributed by atoms with Crippen molar-refractivity contribution in [3.05, 3.63) is 71.9 Å². The Balaban J connectivity index is 2.30. The largest absolute Gasteiger partial charge is 0.384 e. The van der Waals surface area contributed by atoms with Crippen LogP contribution in [0.1, 0.15) is 53.2 Å². The molecule has 1 unspecified atom stereocenters. The third-order valence-corrected chi connectivity index (χ3v) is 14.0. The van der Waals surface area contributed by atoms with Gasteiger partial charge in [0, 0.05) is 0 Å². The minimum absolute atomic E-state index is 0.524. The maximum atomic E-state index is 11.8. The molecule has 0 saturated carbocycles. The van der Waals surface area contributed by atoms with E-state index in [0.717, 1.165) is 21.5 Å². The average molecular weight is 391 g/mol. The van der Waals surface area contributed by atoms with Crippen LogP contribution in [0.4, 0.5) is 0 Å². The van der Waals surface area contributed by atoms with E-state index in [2.05, 4.69) is 103 Å². The van der Waals surface area contributed by atoms with Crippen molar-refractivity contribution in [3.63, 3.8) is 0 Å². The molecule has 1 N–H and O–H groups in total. The molecule has 0 amide bonds. The summed E-state index contributed by atoms with van der Waals surface area (Å²) in [6.45, 7) is 18.5. The van der Waals surface area contributed by atoms with E-state index in [-0.39, 0.29) is 0 Å². The van der Waals surface area contributed by atoms with Crippen LogP contribution in [0.25, 0.3) is 21.5 Å². The quantitative estimate of drug-likeness (QED) is 0.336. The monoisotopic (exact) mass is 390 g/mol. The highest BCUT2D eigenvalue weighted by Crippen LogP contribution is 2.50. The first kappa shape index (κ1) is 20.8. The van der Waals surface area contributed by atoms with Gasteiger partial charge < -0.3 is 5.11 Å². The number of hydrogen-bond acceptors (Lipinski definition) is 1. The molecule has 0 saturated heterocycles. The van der Waals surface area contributed by atoms with Crippen LogP contribution in [-0.4, -0.2) is 13.2 Å². The van der Waals surface area contributed by atoms with E-state index < -0.39 is 14.2 Å². The zero-order valence-corrected chi connectivity index (χ0v) is 19.2. The first-order chi connectivity index (χ1) is 13.2. The molecule has 0 fully saturated rings. The molecule has 0 aromatic heterocycles. The van der Waals surface area contributed by atoms with Crippen LogP contribution in [0, 0.1) is 0 Å². The van der Waals surface area contributed by atoms with Crippen LogP contribution in [0.15, 0.2) is 66.4 Å². The van der Waals surface area contributed by atoms with Gasteiger partial charge in [0.25, 0.3) is 0 Å².